The maximum atomic E-state index is 12.6. The zero-order valence-corrected chi connectivity index (χ0v) is 21.9. The number of nitrogens with zero attached hydrogens (tertiary/aromatic N) is 3. The van der Waals surface area contributed by atoms with Gasteiger partial charge in [-0.3, -0.25) is 10.2 Å². The van der Waals surface area contributed by atoms with Gasteiger partial charge in [0, 0.05) is 0 Å². The van der Waals surface area contributed by atoms with E-state index in [0.717, 1.165) is 22.3 Å². The molecule has 0 fully saturated rings. The molecule has 0 spiro atoms. The van der Waals surface area contributed by atoms with Gasteiger partial charge in [0.2, 0.25) is 19.4 Å². The Bertz CT molecular complexity index is 1540. The molecule has 0 saturated heterocycles. The predicted molar refractivity (Wildman–Crippen MR) is 139 cm³/mol. The van der Waals surface area contributed by atoms with E-state index in [2.05, 4.69) is 10.1 Å². The zero-order chi connectivity index (χ0) is 26.3. The monoisotopic (exact) mass is 546 g/mol. The molecule has 0 bridgehead atoms. The summed E-state index contributed by atoms with van der Waals surface area (Å²) in [5, 5.41) is 13.5. The van der Waals surface area contributed by atoms with Crippen molar-refractivity contribution in [1.82, 2.24) is 5.01 Å². The van der Waals surface area contributed by atoms with Crippen LogP contribution in [0.25, 0.3) is 6.08 Å². The Morgan fingerprint density at radius 1 is 1.06 bits per heavy atom. The molecule has 0 unspecified atom stereocenters. The molecule has 0 aromatic heterocycles. The molecular weight excluding hydrogens is 524 g/mol. The molecule has 188 valence electrons. The number of rotatable bonds is 6. The SMILES string of the molecule is Cc1ccc(S(=O)(=O)Oc2ccc(/C=C3\C(=N)N4N=C(S(=O)(=O)CC(C)C)SC4=NC3=O)cc2)cc1. The highest BCUT2D eigenvalue weighted by atomic mass is 32.3. The molecule has 2 aromatic rings. The summed E-state index contributed by atoms with van der Waals surface area (Å²) < 4.78 is 55.0. The van der Waals surface area contributed by atoms with Crippen LogP contribution in [0.5, 0.6) is 5.75 Å². The molecule has 13 heteroatoms. The van der Waals surface area contributed by atoms with E-state index in [1.165, 1.54) is 42.5 Å². The van der Waals surface area contributed by atoms with Crippen LogP contribution in [0.3, 0.4) is 0 Å². The average molecular weight is 547 g/mol. The first kappa shape index (κ1) is 25.8. The van der Waals surface area contributed by atoms with E-state index in [4.69, 9.17) is 9.59 Å². The van der Waals surface area contributed by atoms with E-state index in [9.17, 15) is 21.6 Å². The number of sulfone groups is 1. The number of fused-ring (bicyclic) bond motifs is 1. The number of thioether (sulfide) groups is 1. The van der Waals surface area contributed by atoms with Crippen LogP contribution in [-0.4, -0.2) is 48.9 Å². The van der Waals surface area contributed by atoms with Gasteiger partial charge in [0.05, 0.1) is 11.3 Å². The van der Waals surface area contributed by atoms with Crippen molar-refractivity contribution in [2.45, 2.75) is 25.7 Å². The second-order valence-electron chi connectivity index (χ2n) is 8.48. The molecule has 0 radical (unpaired) electrons. The van der Waals surface area contributed by atoms with Crippen LogP contribution in [0.1, 0.15) is 25.0 Å². The normalized spacial score (nSPS) is 17.3. The molecule has 1 N–H and O–H groups in total. The minimum absolute atomic E-state index is 0.00883. The first-order valence-corrected chi connectivity index (χ1v) is 14.6. The molecule has 0 saturated carbocycles. The minimum atomic E-state index is -4.02. The van der Waals surface area contributed by atoms with Crippen molar-refractivity contribution >= 4 is 59.1 Å². The molecule has 36 heavy (non-hydrogen) atoms. The summed E-state index contributed by atoms with van der Waals surface area (Å²) in [7, 11) is -7.69. The van der Waals surface area contributed by atoms with Crippen molar-refractivity contribution in [1.29, 1.82) is 5.41 Å². The fourth-order valence-electron chi connectivity index (χ4n) is 3.28. The number of aliphatic imine (C=N–C) groups is 1. The lowest BCUT2D eigenvalue weighted by Crippen LogP contribution is -2.35. The maximum Gasteiger partial charge on any atom is 0.339 e. The molecule has 2 aromatic carbocycles. The smallest absolute Gasteiger partial charge is 0.339 e. The van der Waals surface area contributed by atoms with E-state index in [1.807, 2.05) is 6.92 Å². The Morgan fingerprint density at radius 2 is 1.69 bits per heavy atom. The number of carbonyl (C=O) groups excluding carboxylic acids is 1. The molecular formula is C23H22N4O6S3. The molecule has 0 aliphatic carbocycles. The van der Waals surface area contributed by atoms with E-state index in [1.54, 1.807) is 26.0 Å². The van der Waals surface area contributed by atoms with Gasteiger partial charge in [-0.15, -0.1) is 5.10 Å². The fraction of sp³-hybridized carbons (Fsp3) is 0.217. The van der Waals surface area contributed by atoms with Crippen LogP contribution in [0.15, 0.2) is 69.1 Å². The van der Waals surface area contributed by atoms with Crippen LogP contribution in [0, 0.1) is 18.3 Å². The highest BCUT2D eigenvalue weighted by molar-refractivity contribution is 8.42. The quantitative estimate of drug-likeness (QED) is 0.428. The van der Waals surface area contributed by atoms with E-state index in [0.29, 0.717) is 5.56 Å². The van der Waals surface area contributed by atoms with Crippen molar-refractivity contribution in [2.75, 3.05) is 5.75 Å². The zero-order valence-electron chi connectivity index (χ0n) is 19.5. The van der Waals surface area contributed by atoms with Gasteiger partial charge in [0.25, 0.3) is 5.91 Å². The lowest BCUT2D eigenvalue weighted by molar-refractivity contribution is -0.114. The van der Waals surface area contributed by atoms with Crippen molar-refractivity contribution in [3.63, 3.8) is 0 Å². The lowest BCUT2D eigenvalue weighted by Gasteiger charge is -2.20. The summed E-state index contributed by atoms with van der Waals surface area (Å²) in [6.07, 6.45) is 1.39. The number of nitrogens with one attached hydrogen (secondary N) is 1. The second kappa shape index (κ2) is 9.64. The van der Waals surface area contributed by atoms with Gasteiger partial charge in [-0.05, 0) is 60.5 Å². The van der Waals surface area contributed by atoms with Gasteiger partial charge in [-0.25, -0.2) is 8.42 Å². The standard InChI is InChI=1S/C23H22N4O6S3/c1-14(2)13-35(29,30)23-26-27-20(24)19(21(28)25-22(27)34-23)12-16-6-8-17(9-7-16)33-36(31,32)18-10-4-15(3)5-11-18/h4-12,14,24H,13H2,1-3H3/b19-12+,24-20?. The van der Waals surface area contributed by atoms with Gasteiger partial charge in [0.15, 0.2) is 5.84 Å². The van der Waals surface area contributed by atoms with Crippen molar-refractivity contribution in [2.24, 2.45) is 16.0 Å². The number of hydrogen-bond donors (Lipinski definition) is 1. The number of hydrogen-bond acceptors (Lipinski definition) is 9. The Morgan fingerprint density at radius 3 is 2.31 bits per heavy atom. The molecule has 1 amide bonds. The third-order valence-corrected chi connectivity index (χ3v) is 9.66. The third-order valence-electron chi connectivity index (χ3n) is 4.96. The van der Waals surface area contributed by atoms with Crippen molar-refractivity contribution in [3.05, 3.63) is 65.2 Å². The number of amides is 1. The van der Waals surface area contributed by atoms with Gasteiger partial charge < -0.3 is 4.18 Å². The maximum absolute atomic E-state index is 12.6. The van der Waals surface area contributed by atoms with Gasteiger partial charge in [-0.2, -0.15) is 18.4 Å². The Kier molecular flexibility index (Phi) is 6.90. The van der Waals surface area contributed by atoms with Gasteiger partial charge in [0.1, 0.15) is 10.6 Å². The fourth-order valence-corrected chi connectivity index (χ4v) is 6.99. The summed E-state index contributed by atoms with van der Waals surface area (Å²) in [5.74, 6) is -1.18. The highest BCUT2D eigenvalue weighted by Gasteiger charge is 2.39. The van der Waals surface area contributed by atoms with Crippen LogP contribution in [-0.2, 0) is 24.7 Å². The lowest BCUT2D eigenvalue weighted by atomic mass is 10.1. The minimum Gasteiger partial charge on any atom is -0.379 e. The number of aryl methyl sites for hydroxylation is 1. The summed E-state index contributed by atoms with van der Waals surface area (Å²) >= 11 is 0.741. The molecule has 4 rings (SSSR count). The van der Waals surface area contributed by atoms with E-state index >= 15 is 0 Å². The molecule has 2 heterocycles. The summed E-state index contributed by atoms with van der Waals surface area (Å²) in [6.45, 7) is 5.38. The topological polar surface area (TPSA) is 146 Å². The Balaban J connectivity index is 1.54. The first-order chi connectivity index (χ1) is 16.9. The Labute approximate surface area is 213 Å². The van der Waals surface area contributed by atoms with Gasteiger partial charge in [-0.1, -0.05) is 43.7 Å². The highest BCUT2D eigenvalue weighted by Crippen LogP contribution is 2.31. The molecule has 0 atom stereocenters. The summed E-state index contributed by atoms with van der Waals surface area (Å²) in [6, 6.07) is 12.1. The summed E-state index contributed by atoms with van der Waals surface area (Å²) in [4.78, 5) is 16.5. The molecule has 2 aliphatic heterocycles. The summed E-state index contributed by atoms with van der Waals surface area (Å²) in [5.41, 5.74) is 1.30. The van der Waals surface area contributed by atoms with Crippen molar-refractivity contribution in [3.8, 4) is 5.75 Å². The number of amidine groups is 2. The predicted octanol–water partition coefficient (Wildman–Crippen LogP) is 3.41. The average Bonchev–Trinajstić information content (AvgIpc) is 3.22. The largest absolute Gasteiger partial charge is 0.379 e. The van der Waals surface area contributed by atoms with Crippen molar-refractivity contribution < 1.29 is 25.8 Å². The molecule has 2 aliphatic rings. The second-order valence-corrected chi connectivity index (χ2v) is 13.2. The number of hydrazone groups is 1. The third kappa shape index (κ3) is 5.42. The first-order valence-electron chi connectivity index (χ1n) is 10.7. The number of carbonyl (C=O) groups is 1. The van der Waals surface area contributed by atoms with E-state index < -0.39 is 25.9 Å². The van der Waals surface area contributed by atoms with E-state index in [-0.39, 0.29) is 43.3 Å². The van der Waals surface area contributed by atoms with Crippen LogP contribution >= 0.6 is 11.8 Å². The van der Waals surface area contributed by atoms with Gasteiger partial charge >= 0.3 is 10.1 Å². The van der Waals surface area contributed by atoms with Crippen LogP contribution in [0.4, 0.5) is 0 Å². The van der Waals surface area contributed by atoms with Crippen LogP contribution in [0.2, 0.25) is 0 Å². The van der Waals surface area contributed by atoms with Crippen LogP contribution < -0.4 is 4.18 Å². The Hall–Kier alpha value is -3.29. The number of benzene rings is 2. The molecule has 10 nitrogen and oxygen atoms in total.